The molecule has 212 valence electrons. The van der Waals surface area contributed by atoms with Gasteiger partial charge in [0, 0.05) is 59.5 Å². The molecule has 0 unspecified atom stereocenters. The summed E-state index contributed by atoms with van der Waals surface area (Å²) in [7, 11) is 3.18. The zero-order valence-electron chi connectivity index (χ0n) is 23.9. The predicted molar refractivity (Wildman–Crippen MR) is 157 cm³/mol. The number of methoxy groups -OCH3 is 2. The fourth-order valence-corrected chi connectivity index (χ4v) is 5.84. The van der Waals surface area contributed by atoms with Crippen LogP contribution in [0.3, 0.4) is 0 Å². The Kier molecular flexibility index (Phi) is 8.61. The van der Waals surface area contributed by atoms with Crippen molar-refractivity contribution in [1.82, 2.24) is 10.2 Å². The first-order valence-electron chi connectivity index (χ1n) is 14.0. The van der Waals surface area contributed by atoms with E-state index in [1.807, 2.05) is 54.3 Å². The van der Waals surface area contributed by atoms with Crippen LogP contribution in [0.5, 0.6) is 11.5 Å². The Morgan fingerprint density at radius 3 is 2.29 bits per heavy atom. The first-order chi connectivity index (χ1) is 19.9. The summed E-state index contributed by atoms with van der Waals surface area (Å²) in [4.78, 5) is 28.7. The fraction of sp³-hybridized carbons (Fsp3) is 0.353. The van der Waals surface area contributed by atoms with Crippen molar-refractivity contribution in [2.75, 3.05) is 40.5 Å². The molecular formula is C34H36N2O5. The number of carbonyl (C=O) groups excluding carboxylic acids is 2. The zero-order chi connectivity index (χ0) is 28.8. The molecule has 2 fully saturated rings. The summed E-state index contributed by atoms with van der Waals surface area (Å²) in [6, 6.07) is 20.7. The van der Waals surface area contributed by atoms with Crippen LogP contribution in [0.1, 0.15) is 56.7 Å². The van der Waals surface area contributed by atoms with Crippen molar-refractivity contribution >= 4 is 11.8 Å². The molecule has 41 heavy (non-hydrogen) atoms. The molecule has 2 atom stereocenters. The van der Waals surface area contributed by atoms with Gasteiger partial charge in [0.1, 0.15) is 11.5 Å². The summed E-state index contributed by atoms with van der Waals surface area (Å²) in [5.41, 5.74) is 3.37. The van der Waals surface area contributed by atoms with Gasteiger partial charge in [-0.15, -0.1) is 0 Å². The minimum atomic E-state index is -0.359. The molecule has 0 aliphatic carbocycles. The summed E-state index contributed by atoms with van der Waals surface area (Å²) < 4.78 is 17.2. The van der Waals surface area contributed by atoms with Gasteiger partial charge >= 0.3 is 0 Å². The molecule has 2 amide bonds. The van der Waals surface area contributed by atoms with Gasteiger partial charge in [0.2, 0.25) is 0 Å². The lowest BCUT2D eigenvalue weighted by Crippen LogP contribution is -2.60. The Hall–Kier alpha value is -4.28. The van der Waals surface area contributed by atoms with E-state index in [0.717, 1.165) is 36.0 Å². The molecule has 3 aromatic rings. The molecule has 2 aliphatic heterocycles. The van der Waals surface area contributed by atoms with Crippen LogP contribution in [0.25, 0.3) is 0 Å². The first-order valence-corrected chi connectivity index (χ1v) is 14.0. The second-order valence-corrected chi connectivity index (χ2v) is 10.7. The van der Waals surface area contributed by atoms with E-state index in [0.29, 0.717) is 48.9 Å². The monoisotopic (exact) mass is 552 g/mol. The molecule has 2 heterocycles. The van der Waals surface area contributed by atoms with Gasteiger partial charge in [-0.05, 0) is 74.7 Å². The van der Waals surface area contributed by atoms with Crippen LogP contribution in [0.15, 0.2) is 66.7 Å². The molecule has 0 aromatic heterocycles. The molecule has 0 spiro atoms. The van der Waals surface area contributed by atoms with Crippen molar-refractivity contribution in [3.8, 4) is 23.3 Å². The van der Waals surface area contributed by atoms with Gasteiger partial charge in [0.15, 0.2) is 0 Å². The van der Waals surface area contributed by atoms with Gasteiger partial charge in [-0.1, -0.05) is 30.0 Å². The van der Waals surface area contributed by atoms with Crippen LogP contribution < -0.4 is 14.8 Å². The second-order valence-electron chi connectivity index (χ2n) is 10.7. The van der Waals surface area contributed by atoms with Crippen molar-refractivity contribution in [1.29, 1.82) is 0 Å². The van der Waals surface area contributed by atoms with E-state index in [1.165, 1.54) is 0 Å². The summed E-state index contributed by atoms with van der Waals surface area (Å²) in [6.45, 7) is 4.12. The van der Waals surface area contributed by atoms with E-state index in [2.05, 4.69) is 17.2 Å². The maximum Gasteiger partial charge on any atom is 0.254 e. The van der Waals surface area contributed by atoms with E-state index in [4.69, 9.17) is 14.2 Å². The molecule has 2 saturated heterocycles. The van der Waals surface area contributed by atoms with Gasteiger partial charge in [-0.2, -0.15) is 0 Å². The smallest absolute Gasteiger partial charge is 0.254 e. The van der Waals surface area contributed by atoms with E-state index < -0.39 is 0 Å². The van der Waals surface area contributed by atoms with Crippen LogP contribution in [0.4, 0.5) is 0 Å². The highest BCUT2D eigenvalue weighted by atomic mass is 16.5. The van der Waals surface area contributed by atoms with Gasteiger partial charge < -0.3 is 24.4 Å². The Labute approximate surface area is 241 Å². The van der Waals surface area contributed by atoms with Gasteiger partial charge in [0.05, 0.1) is 20.3 Å². The second kappa shape index (κ2) is 12.5. The Morgan fingerprint density at radius 2 is 1.63 bits per heavy atom. The number of hydrogen-bond donors (Lipinski definition) is 1. The number of ether oxygens (including phenoxy) is 3. The van der Waals surface area contributed by atoms with Crippen molar-refractivity contribution < 1.29 is 23.8 Å². The molecule has 7 nitrogen and oxygen atoms in total. The maximum absolute atomic E-state index is 13.7. The van der Waals surface area contributed by atoms with E-state index >= 15 is 0 Å². The van der Waals surface area contributed by atoms with Crippen LogP contribution in [-0.4, -0.2) is 63.3 Å². The van der Waals surface area contributed by atoms with E-state index in [-0.39, 0.29) is 23.3 Å². The highest BCUT2D eigenvalue weighted by Gasteiger charge is 2.47. The van der Waals surface area contributed by atoms with Crippen LogP contribution in [0, 0.1) is 24.2 Å². The maximum atomic E-state index is 13.7. The molecule has 3 aromatic carbocycles. The molecule has 0 radical (unpaired) electrons. The first kappa shape index (κ1) is 28.3. The van der Waals surface area contributed by atoms with Crippen LogP contribution in [0.2, 0.25) is 0 Å². The third-order valence-corrected chi connectivity index (χ3v) is 8.15. The summed E-state index contributed by atoms with van der Waals surface area (Å²) in [5, 5.41) is 3.15. The lowest BCUT2D eigenvalue weighted by Gasteiger charge is -2.50. The standard InChI is InChI=1S/C34H36N2O5/c1-24-29(39-2)20-28(21-30(24)40-3)33(38)36-18-16-31-34(23-36,17-7-19-41-31)22-35-32(37)27-14-12-26(13-15-27)11-10-25-8-5-4-6-9-25/h4-6,8-9,12-15,20-21,31H,7,16-19,22-23H2,1-3H3,(H,35,37)/t31-,34-/m1/s1. The van der Waals surface area contributed by atoms with Crippen LogP contribution in [-0.2, 0) is 4.74 Å². The van der Waals surface area contributed by atoms with Crippen molar-refractivity contribution in [2.24, 2.45) is 5.41 Å². The number of fused-ring (bicyclic) bond motifs is 1. The Bertz CT molecular complexity index is 1430. The summed E-state index contributed by atoms with van der Waals surface area (Å²) in [5.74, 6) is 7.28. The SMILES string of the molecule is COc1cc(C(=O)N2CC[C@H]3OCCC[C@@]3(CNC(=O)c3ccc(C#Cc4ccccc4)cc3)C2)cc(OC)c1C. The molecule has 7 heteroatoms. The normalized spacial score (nSPS) is 19.8. The minimum absolute atomic E-state index is 0.0154. The minimum Gasteiger partial charge on any atom is -0.496 e. The highest BCUT2D eigenvalue weighted by molar-refractivity contribution is 5.96. The number of nitrogens with zero attached hydrogens (tertiary/aromatic N) is 1. The van der Waals surface area contributed by atoms with Crippen LogP contribution >= 0.6 is 0 Å². The van der Waals surface area contributed by atoms with Crippen molar-refractivity contribution in [3.63, 3.8) is 0 Å². The Morgan fingerprint density at radius 1 is 0.976 bits per heavy atom. The number of carbonyl (C=O) groups is 2. The number of piperidine rings is 1. The molecule has 2 aliphatic rings. The van der Waals surface area contributed by atoms with Gasteiger partial charge in [-0.25, -0.2) is 0 Å². The number of amides is 2. The largest absolute Gasteiger partial charge is 0.496 e. The highest BCUT2D eigenvalue weighted by Crippen LogP contribution is 2.40. The third kappa shape index (κ3) is 6.23. The molecular weight excluding hydrogens is 516 g/mol. The number of benzene rings is 3. The number of likely N-dealkylation sites (tertiary alicyclic amines) is 1. The van der Waals surface area contributed by atoms with E-state index in [9.17, 15) is 9.59 Å². The number of nitrogens with one attached hydrogen (secondary N) is 1. The quantitative estimate of drug-likeness (QED) is 0.443. The van der Waals surface area contributed by atoms with E-state index in [1.54, 1.807) is 38.5 Å². The predicted octanol–water partition coefficient (Wildman–Crippen LogP) is 4.85. The molecule has 0 saturated carbocycles. The van der Waals surface area contributed by atoms with Crippen molar-refractivity contribution in [3.05, 3.63) is 94.5 Å². The summed E-state index contributed by atoms with van der Waals surface area (Å²) >= 11 is 0. The molecule has 5 rings (SSSR count). The number of hydrogen-bond acceptors (Lipinski definition) is 5. The number of rotatable bonds is 6. The van der Waals surface area contributed by atoms with Gasteiger partial charge in [0.25, 0.3) is 11.8 Å². The van der Waals surface area contributed by atoms with Crippen molar-refractivity contribution in [2.45, 2.75) is 32.3 Å². The third-order valence-electron chi connectivity index (χ3n) is 8.15. The average molecular weight is 553 g/mol. The molecule has 1 N–H and O–H groups in total. The molecule has 0 bridgehead atoms. The lowest BCUT2D eigenvalue weighted by molar-refractivity contribution is -0.116. The van der Waals surface area contributed by atoms with Gasteiger partial charge in [-0.3, -0.25) is 9.59 Å². The Balaban J connectivity index is 1.28. The lowest BCUT2D eigenvalue weighted by atomic mass is 9.72. The zero-order valence-corrected chi connectivity index (χ0v) is 23.9. The average Bonchev–Trinajstić information content (AvgIpc) is 3.03. The summed E-state index contributed by atoms with van der Waals surface area (Å²) in [6.07, 6.45) is 2.46. The fourth-order valence-electron chi connectivity index (χ4n) is 5.84. The topological polar surface area (TPSA) is 77.1 Å².